The van der Waals surface area contributed by atoms with E-state index in [4.69, 9.17) is 5.73 Å². The summed E-state index contributed by atoms with van der Waals surface area (Å²) in [4.78, 5) is 3.83. The number of anilines is 2. The van der Waals surface area contributed by atoms with Crippen molar-refractivity contribution < 1.29 is 13.2 Å². The average Bonchev–Trinajstić information content (AvgIpc) is 2.27. The number of pyridine rings is 1. The molecule has 0 amide bonds. The molecule has 0 radical (unpaired) electrons. The summed E-state index contributed by atoms with van der Waals surface area (Å²) >= 11 is 0. The summed E-state index contributed by atoms with van der Waals surface area (Å²) in [6.07, 6.45) is -0.187. The van der Waals surface area contributed by atoms with Crippen LogP contribution in [0.5, 0.6) is 0 Å². The highest BCUT2D eigenvalue weighted by Crippen LogP contribution is 2.31. The third-order valence-electron chi connectivity index (χ3n) is 2.51. The highest BCUT2D eigenvalue weighted by atomic mass is 19.4. The van der Waals surface area contributed by atoms with Crippen molar-refractivity contribution in [1.29, 1.82) is 0 Å². The lowest BCUT2D eigenvalue weighted by Crippen LogP contribution is -2.10. The van der Waals surface area contributed by atoms with Crippen LogP contribution in [0.25, 0.3) is 0 Å². The molecule has 1 rings (SSSR count). The van der Waals surface area contributed by atoms with Crippen LogP contribution < -0.4 is 11.1 Å². The van der Waals surface area contributed by atoms with Crippen LogP contribution in [0, 0.1) is 0 Å². The quantitative estimate of drug-likeness (QED) is 0.768. The SMILES string of the molecule is CCCCCCNc1cc(C(F)(F)F)cc(N)n1. The molecule has 0 unspecified atom stereocenters. The molecule has 0 aliphatic heterocycles. The van der Waals surface area contributed by atoms with Gasteiger partial charge in [0.2, 0.25) is 0 Å². The molecule has 0 spiro atoms. The molecule has 102 valence electrons. The molecule has 1 heterocycles. The molecule has 3 nitrogen and oxygen atoms in total. The number of rotatable bonds is 6. The molecule has 0 saturated heterocycles. The van der Waals surface area contributed by atoms with Gasteiger partial charge < -0.3 is 11.1 Å². The van der Waals surface area contributed by atoms with Crippen molar-refractivity contribution in [3.05, 3.63) is 17.7 Å². The summed E-state index contributed by atoms with van der Waals surface area (Å²) in [6.45, 7) is 2.70. The van der Waals surface area contributed by atoms with Crippen molar-refractivity contribution in [3.8, 4) is 0 Å². The Hall–Kier alpha value is -1.46. The number of alkyl halides is 3. The maximum Gasteiger partial charge on any atom is 0.416 e. The van der Waals surface area contributed by atoms with Gasteiger partial charge in [-0.15, -0.1) is 0 Å². The molecule has 3 N–H and O–H groups in total. The van der Waals surface area contributed by atoms with E-state index in [0.717, 1.165) is 37.8 Å². The Balaban J connectivity index is 2.58. The van der Waals surface area contributed by atoms with Crippen LogP contribution in [0.3, 0.4) is 0 Å². The first-order chi connectivity index (χ1) is 8.43. The lowest BCUT2D eigenvalue weighted by Gasteiger charge is -2.11. The van der Waals surface area contributed by atoms with E-state index in [1.165, 1.54) is 0 Å². The van der Waals surface area contributed by atoms with Gasteiger partial charge >= 0.3 is 6.18 Å². The molecule has 0 bridgehead atoms. The number of aromatic nitrogens is 1. The van der Waals surface area contributed by atoms with Gasteiger partial charge in [0.15, 0.2) is 0 Å². The van der Waals surface area contributed by atoms with Gasteiger partial charge in [0.1, 0.15) is 11.6 Å². The maximum absolute atomic E-state index is 12.5. The maximum atomic E-state index is 12.5. The Morgan fingerprint density at radius 1 is 1.22 bits per heavy atom. The highest BCUT2D eigenvalue weighted by molar-refractivity contribution is 5.47. The van der Waals surface area contributed by atoms with Crippen LogP contribution >= 0.6 is 0 Å². The standard InChI is InChI=1S/C12H18F3N3/c1-2-3-4-5-6-17-11-8-9(12(13,14)15)7-10(16)18-11/h7-8H,2-6H2,1H3,(H3,16,17,18). The van der Waals surface area contributed by atoms with Crippen LogP contribution in [0.2, 0.25) is 0 Å². The van der Waals surface area contributed by atoms with E-state index in [9.17, 15) is 13.2 Å². The van der Waals surface area contributed by atoms with Crippen LogP contribution in [0.1, 0.15) is 38.2 Å². The third-order valence-corrected chi connectivity index (χ3v) is 2.51. The lowest BCUT2D eigenvalue weighted by molar-refractivity contribution is -0.137. The zero-order valence-electron chi connectivity index (χ0n) is 10.3. The van der Waals surface area contributed by atoms with Crippen LogP contribution in [-0.4, -0.2) is 11.5 Å². The molecule has 0 aliphatic carbocycles. The predicted molar refractivity (Wildman–Crippen MR) is 66.3 cm³/mol. The van der Waals surface area contributed by atoms with Gasteiger partial charge in [-0.1, -0.05) is 26.2 Å². The zero-order valence-corrected chi connectivity index (χ0v) is 10.3. The summed E-state index contributed by atoms with van der Waals surface area (Å²) in [6, 6.07) is 1.82. The van der Waals surface area contributed by atoms with E-state index >= 15 is 0 Å². The topological polar surface area (TPSA) is 50.9 Å². The Labute approximate surface area is 105 Å². The van der Waals surface area contributed by atoms with Crippen molar-refractivity contribution in [1.82, 2.24) is 4.98 Å². The van der Waals surface area contributed by atoms with Gasteiger partial charge in [-0.25, -0.2) is 4.98 Å². The van der Waals surface area contributed by atoms with E-state index in [1.54, 1.807) is 0 Å². The second-order valence-corrected chi connectivity index (χ2v) is 4.15. The molecule has 18 heavy (non-hydrogen) atoms. The Morgan fingerprint density at radius 3 is 2.56 bits per heavy atom. The molecule has 0 saturated carbocycles. The Kier molecular flexibility index (Phi) is 5.25. The summed E-state index contributed by atoms with van der Waals surface area (Å²) < 4.78 is 37.6. The van der Waals surface area contributed by atoms with Crippen LogP contribution in [0.15, 0.2) is 12.1 Å². The van der Waals surface area contributed by atoms with Gasteiger partial charge in [0, 0.05) is 6.54 Å². The second-order valence-electron chi connectivity index (χ2n) is 4.15. The molecule has 0 atom stereocenters. The fraction of sp³-hybridized carbons (Fsp3) is 0.583. The number of hydrogen-bond acceptors (Lipinski definition) is 3. The third kappa shape index (κ3) is 4.81. The van der Waals surface area contributed by atoms with Gasteiger partial charge in [-0.3, -0.25) is 0 Å². The first-order valence-electron chi connectivity index (χ1n) is 6.02. The minimum atomic E-state index is -4.39. The van der Waals surface area contributed by atoms with Gasteiger partial charge in [-0.05, 0) is 18.6 Å². The van der Waals surface area contributed by atoms with Crippen molar-refractivity contribution in [3.63, 3.8) is 0 Å². The fourth-order valence-electron chi connectivity index (χ4n) is 1.57. The number of halogens is 3. The molecule has 1 aromatic heterocycles. The summed E-state index contributed by atoms with van der Waals surface area (Å²) in [5.74, 6) is 0.0553. The largest absolute Gasteiger partial charge is 0.416 e. The minimum Gasteiger partial charge on any atom is -0.384 e. The van der Waals surface area contributed by atoms with E-state index in [0.29, 0.717) is 6.54 Å². The lowest BCUT2D eigenvalue weighted by atomic mass is 10.2. The first-order valence-corrected chi connectivity index (χ1v) is 6.02. The van der Waals surface area contributed by atoms with Crippen LogP contribution in [0.4, 0.5) is 24.8 Å². The van der Waals surface area contributed by atoms with Crippen LogP contribution in [-0.2, 0) is 6.18 Å². The zero-order chi connectivity index (χ0) is 13.6. The van der Waals surface area contributed by atoms with E-state index in [-0.39, 0.29) is 11.6 Å². The van der Waals surface area contributed by atoms with Crippen molar-refractivity contribution in [2.45, 2.75) is 38.8 Å². The van der Waals surface area contributed by atoms with Crippen molar-refractivity contribution >= 4 is 11.6 Å². The smallest absolute Gasteiger partial charge is 0.384 e. The molecular weight excluding hydrogens is 243 g/mol. The average molecular weight is 261 g/mol. The number of unbranched alkanes of at least 4 members (excludes halogenated alkanes) is 3. The van der Waals surface area contributed by atoms with E-state index in [2.05, 4.69) is 17.2 Å². The molecule has 0 aliphatic rings. The fourth-order valence-corrected chi connectivity index (χ4v) is 1.57. The van der Waals surface area contributed by atoms with E-state index in [1.807, 2.05) is 0 Å². The van der Waals surface area contributed by atoms with Gasteiger partial charge in [0.05, 0.1) is 5.56 Å². The molecular formula is C12H18F3N3. The molecule has 0 aromatic carbocycles. The van der Waals surface area contributed by atoms with Gasteiger partial charge in [0.25, 0.3) is 0 Å². The minimum absolute atomic E-state index is 0.124. The Bertz CT molecular complexity index is 377. The van der Waals surface area contributed by atoms with Gasteiger partial charge in [-0.2, -0.15) is 13.2 Å². The highest BCUT2D eigenvalue weighted by Gasteiger charge is 2.31. The molecule has 6 heteroatoms. The number of nitrogens with two attached hydrogens (primary N) is 1. The van der Waals surface area contributed by atoms with Crippen molar-refractivity contribution in [2.75, 3.05) is 17.6 Å². The summed E-state index contributed by atoms with van der Waals surface area (Å²) in [7, 11) is 0. The Morgan fingerprint density at radius 2 is 1.94 bits per heavy atom. The molecule has 1 aromatic rings. The van der Waals surface area contributed by atoms with E-state index < -0.39 is 11.7 Å². The number of nitrogens with one attached hydrogen (secondary N) is 1. The first kappa shape index (κ1) is 14.6. The number of hydrogen-bond donors (Lipinski definition) is 2. The van der Waals surface area contributed by atoms with Crippen molar-refractivity contribution in [2.24, 2.45) is 0 Å². The normalized spacial score (nSPS) is 11.6. The summed E-state index contributed by atoms with van der Waals surface area (Å²) in [5.41, 5.74) is 4.58. The molecule has 0 fully saturated rings. The summed E-state index contributed by atoms with van der Waals surface area (Å²) in [5, 5.41) is 2.87. The number of nitrogens with zero attached hydrogens (tertiary/aromatic N) is 1. The number of nitrogen functional groups attached to an aromatic ring is 1. The second kappa shape index (κ2) is 6.47. The monoisotopic (exact) mass is 261 g/mol. The predicted octanol–water partition coefficient (Wildman–Crippen LogP) is 3.67.